The molecule has 3 aliphatic rings. The number of piperidine rings is 1. The van der Waals surface area contributed by atoms with Crippen molar-refractivity contribution in [1.29, 1.82) is 0 Å². The average Bonchev–Trinajstić information content (AvgIpc) is 2.54. The lowest BCUT2D eigenvalue weighted by Gasteiger charge is -2.47. The number of thioether (sulfide) groups is 1. The molecule has 3 unspecified atom stereocenters. The molecule has 0 aromatic rings. The van der Waals surface area contributed by atoms with Crippen LogP contribution in [0.4, 0.5) is 0 Å². The number of amides is 2. The van der Waals surface area contributed by atoms with E-state index in [4.69, 9.17) is 0 Å². The van der Waals surface area contributed by atoms with Gasteiger partial charge in [0.15, 0.2) is 0 Å². The second kappa shape index (κ2) is 6.59. The number of hydrogen-bond acceptors (Lipinski definition) is 3. The van der Waals surface area contributed by atoms with E-state index in [1.54, 1.807) is 0 Å². The molecular formula is C16H26N2O2S. The van der Waals surface area contributed by atoms with Crippen LogP contribution in [0.2, 0.25) is 0 Å². The van der Waals surface area contributed by atoms with Gasteiger partial charge in [-0.15, -0.1) is 0 Å². The molecule has 0 N–H and O–H groups in total. The van der Waals surface area contributed by atoms with Crippen molar-refractivity contribution in [3.05, 3.63) is 0 Å². The topological polar surface area (TPSA) is 40.6 Å². The Morgan fingerprint density at radius 1 is 1.10 bits per heavy atom. The summed E-state index contributed by atoms with van der Waals surface area (Å²) in [5.74, 6) is 1.61. The molecule has 3 fully saturated rings. The Bertz CT molecular complexity index is 409. The van der Waals surface area contributed by atoms with Crippen molar-refractivity contribution < 1.29 is 9.59 Å². The highest BCUT2D eigenvalue weighted by Gasteiger charge is 2.46. The highest BCUT2D eigenvalue weighted by Crippen LogP contribution is 2.31. The molecule has 5 heteroatoms. The Kier molecular flexibility index (Phi) is 4.77. The van der Waals surface area contributed by atoms with E-state index in [9.17, 15) is 9.59 Å². The van der Waals surface area contributed by atoms with E-state index in [0.717, 1.165) is 38.8 Å². The van der Waals surface area contributed by atoms with Crippen LogP contribution >= 0.6 is 11.8 Å². The standard InChI is InChI=1S/C16H26N2O2S/c1-2-13-15(19)17-9-5-3-8-14(17)16(20)18(13)11-12-7-4-6-10-21-12/h12-14H,2-11H2,1H3. The van der Waals surface area contributed by atoms with Crippen LogP contribution in [0.1, 0.15) is 51.9 Å². The summed E-state index contributed by atoms with van der Waals surface area (Å²) in [5, 5.41) is 0.527. The molecular weight excluding hydrogens is 284 g/mol. The van der Waals surface area contributed by atoms with Crippen LogP contribution in [-0.4, -0.2) is 57.8 Å². The first-order chi connectivity index (χ1) is 10.2. The van der Waals surface area contributed by atoms with Crippen LogP contribution in [0.25, 0.3) is 0 Å². The van der Waals surface area contributed by atoms with Gasteiger partial charge in [0.1, 0.15) is 12.1 Å². The highest BCUT2D eigenvalue weighted by molar-refractivity contribution is 7.99. The van der Waals surface area contributed by atoms with Crippen LogP contribution in [-0.2, 0) is 9.59 Å². The number of carbonyl (C=O) groups excluding carboxylic acids is 2. The first-order valence-electron chi connectivity index (χ1n) is 8.45. The minimum absolute atomic E-state index is 0.164. The lowest BCUT2D eigenvalue weighted by atomic mass is 9.94. The number of fused-ring (bicyclic) bond motifs is 1. The van der Waals surface area contributed by atoms with Crippen molar-refractivity contribution in [1.82, 2.24) is 9.80 Å². The smallest absolute Gasteiger partial charge is 0.246 e. The molecule has 0 saturated carbocycles. The van der Waals surface area contributed by atoms with Gasteiger partial charge < -0.3 is 9.80 Å². The molecule has 3 aliphatic heterocycles. The number of rotatable bonds is 3. The Balaban J connectivity index is 1.76. The predicted octanol–water partition coefficient (Wildman–Crippen LogP) is 2.27. The van der Waals surface area contributed by atoms with Gasteiger partial charge in [-0.3, -0.25) is 9.59 Å². The fourth-order valence-electron chi connectivity index (χ4n) is 3.90. The summed E-state index contributed by atoms with van der Waals surface area (Å²) in [7, 11) is 0. The maximum Gasteiger partial charge on any atom is 0.246 e. The van der Waals surface area contributed by atoms with Gasteiger partial charge in [-0.25, -0.2) is 0 Å². The fourth-order valence-corrected chi connectivity index (χ4v) is 5.21. The minimum atomic E-state index is -0.214. The van der Waals surface area contributed by atoms with E-state index < -0.39 is 0 Å². The van der Waals surface area contributed by atoms with Gasteiger partial charge in [-0.05, 0) is 44.3 Å². The Hall–Kier alpha value is -0.710. The molecule has 0 radical (unpaired) electrons. The third-order valence-electron chi connectivity index (χ3n) is 5.08. The molecule has 118 valence electrons. The molecule has 0 spiro atoms. The summed E-state index contributed by atoms with van der Waals surface area (Å²) >= 11 is 1.98. The van der Waals surface area contributed by atoms with Gasteiger partial charge in [-0.2, -0.15) is 11.8 Å². The van der Waals surface area contributed by atoms with E-state index >= 15 is 0 Å². The number of hydrogen-bond donors (Lipinski definition) is 0. The molecule has 3 rings (SSSR count). The van der Waals surface area contributed by atoms with E-state index in [2.05, 4.69) is 0 Å². The largest absolute Gasteiger partial charge is 0.329 e. The van der Waals surface area contributed by atoms with Gasteiger partial charge >= 0.3 is 0 Å². The molecule has 3 heterocycles. The van der Waals surface area contributed by atoms with Crippen LogP contribution in [0, 0.1) is 0 Å². The zero-order chi connectivity index (χ0) is 14.8. The molecule has 0 aliphatic carbocycles. The molecule has 3 saturated heterocycles. The van der Waals surface area contributed by atoms with E-state index in [-0.39, 0.29) is 23.9 Å². The summed E-state index contributed by atoms with van der Waals surface area (Å²) in [6, 6.07) is -0.378. The van der Waals surface area contributed by atoms with Gasteiger partial charge in [-0.1, -0.05) is 13.3 Å². The Labute approximate surface area is 131 Å². The van der Waals surface area contributed by atoms with E-state index in [0.29, 0.717) is 5.25 Å². The van der Waals surface area contributed by atoms with Crippen LogP contribution < -0.4 is 0 Å². The fraction of sp³-hybridized carbons (Fsp3) is 0.875. The van der Waals surface area contributed by atoms with Crippen LogP contribution in [0.3, 0.4) is 0 Å². The number of carbonyl (C=O) groups is 2. The summed E-state index contributed by atoms with van der Waals surface area (Å²) < 4.78 is 0. The Morgan fingerprint density at radius 3 is 2.62 bits per heavy atom. The zero-order valence-electron chi connectivity index (χ0n) is 12.9. The second-order valence-corrected chi connectivity index (χ2v) is 7.85. The third-order valence-corrected chi connectivity index (χ3v) is 6.46. The molecule has 21 heavy (non-hydrogen) atoms. The lowest BCUT2D eigenvalue weighted by Crippen LogP contribution is -2.66. The molecule has 0 aromatic heterocycles. The maximum atomic E-state index is 12.9. The van der Waals surface area contributed by atoms with Crippen molar-refractivity contribution in [2.75, 3.05) is 18.8 Å². The SMILES string of the molecule is CCC1C(=O)N2CCCCC2C(=O)N1CC1CCCCS1. The summed E-state index contributed by atoms with van der Waals surface area (Å²) in [6.07, 6.45) is 7.46. The molecule has 0 bridgehead atoms. The van der Waals surface area contributed by atoms with Crippen molar-refractivity contribution in [2.45, 2.75) is 69.2 Å². The number of nitrogens with zero attached hydrogens (tertiary/aromatic N) is 2. The Morgan fingerprint density at radius 2 is 1.90 bits per heavy atom. The summed E-state index contributed by atoms with van der Waals surface area (Å²) in [5.41, 5.74) is 0. The average molecular weight is 310 g/mol. The summed E-state index contributed by atoms with van der Waals surface area (Å²) in [6.45, 7) is 3.58. The van der Waals surface area contributed by atoms with E-state index in [1.165, 1.54) is 25.0 Å². The van der Waals surface area contributed by atoms with Crippen molar-refractivity contribution in [3.8, 4) is 0 Å². The van der Waals surface area contributed by atoms with Gasteiger partial charge in [0.25, 0.3) is 0 Å². The first kappa shape index (κ1) is 15.2. The molecule has 0 aromatic carbocycles. The van der Waals surface area contributed by atoms with Crippen LogP contribution in [0.5, 0.6) is 0 Å². The minimum Gasteiger partial charge on any atom is -0.329 e. The van der Waals surface area contributed by atoms with E-state index in [1.807, 2.05) is 28.5 Å². The second-order valence-electron chi connectivity index (χ2n) is 6.45. The monoisotopic (exact) mass is 310 g/mol. The summed E-state index contributed by atoms with van der Waals surface area (Å²) in [4.78, 5) is 29.4. The molecule has 3 atom stereocenters. The van der Waals surface area contributed by atoms with Gasteiger partial charge in [0.2, 0.25) is 11.8 Å². The highest BCUT2D eigenvalue weighted by atomic mass is 32.2. The third kappa shape index (κ3) is 2.94. The quantitative estimate of drug-likeness (QED) is 0.803. The molecule has 2 amide bonds. The number of piperazine rings is 1. The van der Waals surface area contributed by atoms with Crippen LogP contribution in [0.15, 0.2) is 0 Å². The van der Waals surface area contributed by atoms with Crippen molar-refractivity contribution in [3.63, 3.8) is 0 Å². The first-order valence-corrected chi connectivity index (χ1v) is 9.49. The van der Waals surface area contributed by atoms with Gasteiger partial charge in [0, 0.05) is 18.3 Å². The normalized spacial score (nSPS) is 34.0. The lowest BCUT2D eigenvalue weighted by molar-refractivity contribution is -0.163. The molecule has 4 nitrogen and oxygen atoms in total. The zero-order valence-corrected chi connectivity index (χ0v) is 13.7. The van der Waals surface area contributed by atoms with Crippen molar-refractivity contribution in [2.24, 2.45) is 0 Å². The predicted molar refractivity (Wildman–Crippen MR) is 85.2 cm³/mol. The maximum absolute atomic E-state index is 12.9. The van der Waals surface area contributed by atoms with Gasteiger partial charge in [0.05, 0.1) is 0 Å². The van der Waals surface area contributed by atoms with Crippen molar-refractivity contribution >= 4 is 23.6 Å².